The number of ether oxygens (including phenoxy) is 3. The van der Waals surface area contributed by atoms with Crippen LogP contribution in [0.4, 0.5) is 0 Å². The molecule has 1 aromatic carbocycles. The van der Waals surface area contributed by atoms with E-state index in [4.69, 9.17) is 14.2 Å². The molecule has 108 valence electrons. The first-order valence-electron chi connectivity index (χ1n) is 6.20. The Kier molecular flexibility index (Phi) is 4.56. The normalized spacial score (nSPS) is 9.81. The van der Waals surface area contributed by atoms with Gasteiger partial charge in [-0.25, -0.2) is 4.79 Å². The van der Waals surface area contributed by atoms with Gasteiger partial charge in [0, 0.05) is 24.0 Å². The first kappa shape index (κ1) is 14.6. The third-order valence-electron chi connectivity index (χ3n) is 2.85. The van der Waals surface area contributed by atoms with Crippen molar-refractivity contribution in [1.29, 1.82) is 0 Å². The maximum Gasteiger partial charge on any atom is 0.335 e. The zero-order valence-corrected chi connectivity index (χ0v) is 11.8. The van der Waals surface area contributed by atoms with E-state index in [9.17, 15) is 4.79 Å². The van der Waals surface area contributed by atoms with Gasteiger partial charge in [-0.05, 0) is 23.8 Å². The van der Waals surface area contributed by atoms with Crippen LogP contribution in [0, 0.1) is 0 Å². The maximum absolute atomic E-state index is 11.4. The predicted octanol–water partition coefficient (Wildman–Crippen LogP) is 2.86. The number of rotatable bonds is 5. The molecule has 1 heterocycles. The van der Waals surface area contributed by atoms with Crippen LogP contribution in [0.5, 0.6) is 17.2 Å². The van der Waals surface area contributed by atoms with Crippen LogP contribution in [0.3, 0.4) is 0 Å². The molecule has 0 amide bonds. The van der Waals surface area contributed by atoms with E-state index in [2.05, 4.69) is 11.6 Å². The minimum atomic E-state index is -0.525. The molecule has 0 atom stereocenters. The second kappa shape index (κ2) is 6.56. The lowest BCUT2D eigenvalue weighted by molar-refractivity contribution is -0.128. The number of benzene rings is 1. The molecule has 0 saturated heterocycles. The Balaban J connectivity index is 2.46. The Morgan fingerprint density at radius 2 is 1.90 bits per heavy atom. The lowest BCUT2D eigenvalue weighted by Crippen LogP contribution is -2.04. The SMILES string of the molecule is C=CC(=O)Oc1ccncc1-c1ccc(OC)c(OC)c1. The summed E-state index contributed by atoms with van der Waals surface area (Å²) in [5.41, 5.74) is 1.47. The van der Waals surface area contributed by atoms with Crippen LogP contribution in [-0.4, -0.2) is 25.2 Å². The van der Waals surface area contributed by atoms with E-state index in [-0.39, 0.29) is 0 Å². The van der Waals surface area contributed by atoms with Crippen LogP contribution in [0.25, 0.3) is 11.1 Å². The van der Waals surface area contributed by atoms with Crippen molar-refractivity contribution in [2.75, 3.05) is 14.2 Å². The molecular formula is C16H15NO4. The molecule has 0 spiro atoms. The molecule has 1 aromatic heterocycles. The van der Waals surface area contributed by atoms with Crippen molar-refractivity contribution in [2.24, 2.45) is 0 Å². The topological polar surface area (TPSA) is 57.7 Å². The lowest BCUT2D eigenvalue weighted by atomic mass is 10.1. The van der Waals surface area contributed by atoms with Gasteiger partial charge < -0.3 is 14.2 Å². The molecule has 5 nitrogen and oxygen atoms in total. The van der Waals surface area contributed by atoms with Gasteiger partial charge in [-0.1, -0.05) is 12.6 Å². The predicted molar refractivity (Wildman–Crippen MR) is 78.6 cm³/mol. The van der Waals surface area contributed by atoms with Gasteiger partial charge in [-0.2, -0.15) is 0 Å². The monoisotopic (exact) mass is 285 g/mol. The average molecular weight is 285 g/mol. The fourth-order valence-corrected chi connectivity index (χ4v) is 1.84. The summed E-state index contributed by atoms with van der Waals surface area (Å²) in [5.74, 6) is 1.08. The number of aromatic nitrogens is 1. The Hall–Kier alpha value is -2.82. The fourth-order valence-electron chi connectivity index (χ4n) is 1.84. The molecule has 0 aliphatic heterocycles. The molecule has 0 unspecified atom stereocenters. The van der Waals surface area contributed by atoms with E-state index in [1.54, 1.807) is 44.8 Å². The first-order valence-corrected chi connectivity index (χ1v) is 6.20. The Morgan fingerprint density at radius 1 is 1.14 bits per heavy atom. The van der Waals surface area contributed by atoms with Crippen LogP contribution >= 0.6 is 0 Å². The van der Waals surface area contributed by atoms with Crippen molar-refractivity contribution < 1.29 is 19.0 Å². The summed E-state index contributed by atoms with van der Waals surface area (Å²) in [6, 6.07) is 7.03. The van der Waals surface area contributed by atoms with Gasteiger partial charge in [-0.3, -0.25) is 4.98 Å². The number of pyridine rings is 1. The van der Waals surface area contributed by atoms with Gasteiger partial charge in [0.1, 0.15) is 5.75 Å². The zero-order chi connectivity index (χ0) is 15.2. The summed E-state index contributed by atoms with van der Waals surface area (Å²) in [4.78, 5) is 15.4. The van der Waals surface area contributed by atoms with E-state index in [0.29, 0.717) is 22.8 Å². The molecule has 21 heavy (non-hydrogen) atoms. The Bertz CT molecular complexity index is 667. The number of nitrogens with zero attached hydrogens (tertiary/aromatic N) is 1. The summed E-state index contributed by atoms with van der Waals surface area (Å²) < 4.78 is 15.7. The number of methoxy groups -OCH3 is 2. The van der Waals surface area contributed by atoms with Gasteiger partial charge >= 0.3 is 5.97 Å². The molecule has 2 aromatic rings. The highest BCUT2D eigenvalue weighted by atomic mass is 16.5. The zero-order valence-electron chi connectivity index (χ0n) is 11.8. The number of hydrogen-bond donors (Lipinski definition) is 0. The highest BCUT2D eigenvalue weighted by molar-refractivity contribution is 5.85. The maximum atomic E-state index is 11.4. The minimum Gasteiger partial charge on any atom is -0.493 e. The Labute approximate surface area is 122 Å². The highest BCUT2D eigenvalue weighted by Gasteiger charge is 2.12. The molecule has 5 heteroatoms. The van der Waals surface area contributed by atoms with Crippen molar-refractivity contribution >= 4 is 5.97 Å². The van der Waals surface area contributed by atoms with Gasteiger partial charge in [0.15, 0.2) is 11.5 Å². The molecule has 0 fully saturated rings. The van der Waals surface area contributed by atoms with Crippen molar-refractivity contribution in [3.05, 3.63) is 49.3 Å². The van der Waals surface area contributed by atoms with Gasteiger partial charge in [0.2, 0.25) is 0 Å². The van der Waals surface area contributed by atoms with Gasteiger partial charge in [0.05, 0.1) is 14.2 Å². The van der Waals surface area contributed by atoms with E-state index >= 15 is 0 Å². The smallest absolute Gasteiger partial charge is 0.335 e. The number of carbonyl (C=O) groups excluding carboxylic acids is 1. The molecule has 0 radical (unpaired) electrons. The second-order valence-corrected chi connectivity index (χ2v) is 4.07. The minimum absolute atomic E-state index is 0.405. The molecule has 0 aliphatic rings. The molecule has 0 bridgehead atoms. The quantitative estimate of drug-likeness (QED) is 0.624. The molecule has 0 N–H and O–H groups in total. The summed E-state index contributed by atoms with van der Waals surface area (Å²) in [5, 5.41) is 0. The molecule has 0 saturated carbocycles. The van der Waals surface area contributed by atoms with Crippen LogP contribution in [0.1, 0.15) is 0 Å². The molecule has 0 aliphatic carbocycles. The van der Waals surface area contributed by atoms with Crippen LogP contribution in [-0.2, 0) is 4.79 Å². The molecular weight excluding hydrogens is 270 g/mol. The standard InChI is InChI=1S/C16H15NO4/c1-4-16(18)21-13-7-8-17-10-12(13)11-5-6-14(19-2)15(9-11)20-3/h4-10H,1H2,2-3H3. The lowest BCUT2D eigenvalue weighted by Gasteiger charge is -2.12. The van der Waals surface area contributed by atoms with Crippen molar-refractivity contribution in [2.45, 2.75) is 0 Å². The van der Waals surface area contributed by atoms with Crippen LogP contribution in [0.15, 0.2) is 49.3 Å². The fraction of sp³-hybridized carbons (Fsp3) is 0.125. The Morgan fingerprint density at radius 3 is 2.57 bits per heavy atom. The number of esters is 1. The summed E-state index contributed by atoms with van der Waals surface area (Å²) >= 11 is 0. The van der Waals surface area contributed by atoms with E-state index in [1.807, 2.05) is 6.07 Å². The largest absolute Gasteiger partial charge is 0.493 e. The number of carbonyl (C=O) groups is 1. The first-order chi connectivity index (χ1) is 10.2. The summed E-state index contributed by atoms with van der Waals surface area (Å²) in [7, 11) is 3.13. The van der Waals surface area contributed by atoms with Crippen LogP contribution in [0.2, 0.25) is 0 Å². The highest BCUT2D eigenvalue weighted by Crippen LogP contribution is 2.35. The average Bonchev–Trinajstić information content (AvgIpc) is 2.54. The van der Waals surface area contributed by atoms with E-state index in [0.717, 1.165) is 11.6 Å². The van der Waals surface area contributed by atoms with E-state index in [1.165, 1.54) is 0 Å². The van der Waals surface area contributed by atoms with Crippen molar-refractivity contribution in [1.82, 2.24) is 4.98 Å². The third-order valence-corrected chi connectivity index (χ3v) is 2.85. The second-order valence-electron chi connectivity index (χ2n) is 4.07. The third kappa shape index (κ3) is 3.20. The van der Waals surface area contributed by atoms with Gasteiger partial charge in [0.25, 0.3) is 0 Å². The van der Waals surface area contributed by atoms with E-state index < -0.39 is 5.97 Å². The van der Waals surface area contributed by atoms with Crippen LogP contribution < -0.4 is 14.2 Å². The summed E-state index contributed by atoms with van der Waals surface area (Å²) in [6.07, 6.45) is 4.28. The molecule has 2 rings (SSSR count). The van der Waals surface area contributed by atoms with Crippen molar-refractivity contribution in [3.63, 3.8) is 0 Å². The van der Waals surface area contributed by atoms with Gasteiger partial charge in [-0.15, -0.1) is 0 Å². The van der Waals surface area contributed by atoms with Crippen molar-refractivity contribution in [3.8, 4) is 28.4 Å². The number of hydrogen-bond acceptors (Lipinski definition) is 5. The summed E-state index contributed by atoms with van der Waals surface area (Å²) in [6.45, 7) is 3.38.